The molecule has 0 unspecified atom stereocenters. The summed E-state index contributed by atoms with van der Waals surface area (Å²) >= 11 is 0. The third kappa shape index (κ3) is 8.29. The van der Waals surface area contributed by atoms with Crippen LogP contribution in [0.3, 0.4) is 0 Å². The fourth-order valence-electron chi connectivity index (χ4n) is 3.91. The van der Waals surface area contributed by atoms with Crippen LogP contribution in [0.25, 0.3) is 0 Å². The molecule has 0 fully saturated rings. The minimum atomic E-state index is -4.76. The molecule has 7 nitrogen and oxygen atoms in total. The van der Waals surface area contributed by atoms with Crippen LogP contribution in [0.2, 0.25) is 0 Å². The van der Waals surface area contributed by atoms with Crippen LogP contribution in [0.1, 0.15) is 31.9 Å². The number of alkyl halides is 3. The van der Waals surface area contributed by atoms with Crippen LogP contribution in [0.15, 0.2) is 83.8 Å². The van der Waals surface area contributed by atoms with Gasteiger partial charge in [-0.1, -0.05) is 50.2 Å². The Hall–Kier alpha value is -3.93. The third-order valence-corrected chi connectivity index (χ3v) is 7.98. The highest BCUT2D eigenvalue weighted by Crippen LogP contribution is 2.33. The zero-order chi connectivity index (χ0) is 30.4. The summed E-state index contributed by atoms with van der Waals surface area (Å²) in [6.07, 6.45) is -4.76. The number of anilines is 1. The molecular weight excluding hydrogens is 562 g/mol. The molecule has 0 aliphatic rings. The van der Waals surface area contributed by atoms with Crippen LogP contribution in [0, 0.1) is 11.7 Å². The fourth-order valence-corrected chi connectivity index (χ4v) is 5.33. The van der Waals surface area contributed by atoms with Crippen LogP contribution < -0.4 is 9.62 Å². The number of benzene rings is 3. The number of amides is 2. The number of nitrogens with zero attached hydrogens (tertiary/aromatic N) is 2. The van der Waals surface area contributed by atoms with Crippen molar-refractivity contribution in [1.29, 1.82) is 0 Å². The maximum Gasteiger partial charge on any atom is 0.416 e. The van der Waals surface area contributed by atoms with Gasteiger partial charge in [0.15, 0.2) is 0 Å². The number of hydrogen-bond acceptors (Lipinski definition) is 4. The minimum Gasteiger partial charge on any atom is -0.354 e. The molecule has 1 atom stereocenters. The fraction of sp³-hybridized carbons (Fsp3) is 0.310. The lowest BCUT2D eigenvalue weighted by molar-refractivity contribution is -0.139. The van der Waals surface area contributed by atoms with Crippen molar-refractivity contribution < 1.29 is 35.6 Å². The van der Waals surface area contributed by atoms with Crippen molar-refractivity contribution in [2.45, 2.75) is 44.4 Å². The van der Waals surface area contributed by atoms with Crippen LogP contribution >= 0.6 is 0 Å². The van der Waals surface area contributed by atoms with E-state index < -0.39 is 52.0 Å². The third-order valence-electron chi connectivity index (χ3n) is 6.19. The Balaban J connectivity index is 2.05. The van der Waals surface area contributed by atoms with Crippen molar-refractivity contribution in [2.75, 3.05) is 17.4 Å². The van der Waals surface area contributed by atoms with E-state index in [2.05, 4.69) is 5.32 Å². The molecule has 0 aromatic heterocycles. The van der Waals surface area contributed by atoms with Gasteiger partial charge in [0.05, 0.1) is 16.1 Å². The standard InChI is InChI=1S/C29H31F4N3O4S/c1-20(2)17-34-28(38)21(3)35(18-22-12-14-24(30)15-13-22)27(37)19-36(41(39,40)26-10-5-4-6-11-26)25-9-7-8-23(16-25)29(31,32)33/h4-16,20-21H,17-19H2,1-3H3,(H,34,38)/t21-/m0/s1. The molecule has 220 valence electrons. The lowest BCUT2D eigenvalue weighted by Gasteiger charge is -2.32. The van der Waals surface area contributed by atoms with E-state index in [9.17, 15) is 35.6 Å². The van der Waals surface area contributed by atoms with Crippen molar-refractivity contribution >= 4 is 27.5 Å². The minimum absolute atomic E-state index is 0.111. The maximum absolute atomic E-state index is 13.8. The molecule has 0 spiro atoms. The number of sulfonamides is 1. The summed E-state index contributed by atoms with van der Waals surface area (Å²) in [5.74, 6) is -1.76. The molecule has 0 aliphatic heterocycles. The van der Waals surface area contributed by atoms with Gasteiger partial charge in [-0.3, -0.25) is 13.9 Å². The molecule has 3 aromatic carbocycles. The summed E-state index contributed by atoms with van der Waals surface area (Å²) in [4.78, 5) is 27.6. The van der Waals surface area contributed by atoms with Crippen molar-refractivity contribution in [3.63, 3.8) is 0 Å². The van der Waals surface area contributed by atoms with Crippen molar-refractivity contribution in [1.82, 2.24) is 10.2 Å². The Bertz CT molecular complexity index is 1450. The number of carbonyl (C=O) groups excluding carboxylic acids is 2. The number of nitrogens with one attached hydrogen (secondary N) is 1. The van der Waals surface area contributed by atoms with E-state index in [4.69, 9.17) is 0 Å². The highest BCUT2D eigenvalue weighted by Gasteiger charge is 2.35. The predicted octanol–water partition coefficient (Wildman–Crippen LogP) is 5.23. The Morgan fingerprint density at radius 3 is 2.12 bits per heavy atom. The number of carbonyl (C=O) groups is 2. The Kier molecular flexibility index (Phi) is 10.1. The van der Waals surface area contributed by atoms with E-state index in [-0.39, 0.29) is 23.0 Å². The molecule has 12 heteroatoms. The second-order valence-electron chi connectivity index (χ2n) is 9.84. The maximum atomic E-state index is 13.8. The molecule has 0 radical (unpaired) electrons. The van der Waals surface area contributed by atoms with Gasteiger partial charge in [0.2, 0.25) is 11.8 Å². The molecule has 2 amide bonds. The van der Waals surface area contributed by atoms with Crippen molar-refractivity contribution in [3.05, 3.63) is 95.8 Å². The molecule has 0 saturated carbocycles. The van der Waals surface area contributed by atoms with Gasteiger partial charge in [-0.2, -0.15) is 13.2 Å². The van der Waals surface area contributed by atoms with E-state index in [1.807, 2.05) is 13.8 Å². The van der Waals surface area contributed by atoms with E-state index in [0.717, 1.165) is 23.1 Å². The quantitative estimate of drug-likeness (QED) is 0.309. The summed E-state index contributed by atoms with van der Waals surface area (Å²) in [6.45, 7) is 4.46. The average Bonchev–Trinajstić information content (AvgIpc) is 2.93. The first-order valence-electron chi connectivity index (χ1n) is 12.8. The molecule has 41 heavy (non-hydrogen) atoms. The Morgan fingerprint density at radius 1 is 0.902 bits per heavy atom. The van der Waals surface area contributed by atoms with Gasteiger partial charge in [0.1, 0.15) is 18.4 Å². The Labute approximate surface area is 236 Å². The molecule has 0 heterocycles. The van der Waals surface area contributed by atoms with Gasteiger partial charge < -0.3 is 10.2 Å². The molecule has 3 rings (SSSR count). The lowest BCUT2D eigenvalue weighted by atomic mass is 10.1. The largest absolute Gasteiger partial charge is 0.416 e. The molecular formula is C29H31F4N3O4S. The van der Waals surface area contributed by atoms with E-state index in [0.29, 0.717) is 22.5 Å². The van der Waals surface area contributed by atoms with Crippen molar-refractivity contribution in [2.24, 2.45) is 5.92 Å². The number of halogens is 4. The van der Waals surface area contributed by atoms with Crippen molar-refractivity contribution in [3.8, 4) is 0 Å². The smallest absolute Gasteiger partial charge is 0.354 e. The summed E-state index contributed by atoms with van der Waals surface area (Å²) in [5.41, 5.74) is -1.02. The molecule has 0 aliphatic carbocycles. The van der Waals surface area contributed by atoms with Gasteiger partial charge in [0, 0.05) is 13.1 Å². The zero-order valence-electron chi connectivity index (χ0n) is 22.7. The van der Waals surface area contributed by atoms with Crippen LogP contribution in [0.5, 0.6) is 0 Å². The molecule has 0 bridgehead atoms. The summed E-state index contributed by atoms with van der Waals surface area (Å²) < 4.78 is 82.0. The molecule has 3 aromatic rings. The predicted molar refractivity (Wildman–Crippen MR) is 147 cm³/mol. The zero-order valence-corrected chi connectivity index (χ0v) is 23.5. The average molecular weight is 594 g/mol. The van der Waals surface area contributed by atoms with Gasteiger partial charge in [-0.25, -0.2) is 12.8 Å². The topological polar surface area (TPSA) is 86.8 Å². The SMILES string of the molecule is CC(C)CNC(=O)[C@H](C)N(Cc1ccc(F)cc1)C(=O)CN(c1cccc(C(F)(F)F)c1)S(=O)(=O)c1ccccc1. The first-order chi connectivity index (χ1) is 19.2. The molecule has 1 N–H and O–H groups in total. The first kappa shape index (κ1) is 31.6. The van der Waals surface area contributed by atoms with E-state index in [1.54, 1.807) is 6.07 Å². The number of rotatable bonds is 11. The van der Waals surface area contributed by atoms with E-state index >= 15 is 0 Å². The van der Waals surface area contributed by atoms with E-state index in [1.165, 1.54) is 55.5 Å². The number of hydrogen-bond donors (Lipinski definition) is 1. The van der Waals surface area contributed by atoms with Crippen LogP contribution in [-0.4, -0.2) is 44.3 Å². The normalized spacial score (nSPS) is 12.6. The van der Waals surface area contributed by atoms with Gasteiger partial charge in [0.25, 0.3) is 10.0 Å². The first-order valence-corrected chi connectivity index (χ1v) is 14.2. The monoisotopic (exact) mass is 593 g/mol. The molecule has 0 saturated heterocycles. The van der Waals surface area contributed by atoms with Gasteiger partial charge >= 0.3 is 6.18 Å². The highest BCUT2D eigenvalue weighted by atomic mass is 32.2. The van der Waals surface area contributed by atoms with Crippen LogP contribution in [-0.2, 0) is 32.3 Å². The summed E-state index contributed by atoms with van der Waals surface area (Å²) in [7, 11) is -4.52. The van der Waals surface area contributed by atoms with Gasteiger partial charge in [-0.05, 0) is 60.9 Å². The lowest BCUT2D eigenvalue weighted by Crippen LogP contribution is -2.51. The van der Waals surface area contributed by atoms with Gasteiger partial charge in [-0.15, -0.1) is 0 Å². The van der Waals surface area contributed by atoms with Crippen LogP contribution in [0.4, 0.5) is 23.2 Å². The summed E-state index contributed by atoms with van der Waals surface area (Å²) in [6, 6.07) is 14.7. The second-order valence-corrected chi connectivity index (χ2v) is 11.7. The summed E-state index contributed by atoms with van der Waals surface area (Å²) in [5, 5.41) is 2.73. The Morgan fingerprint density at radius 2 is 1.54 bits per heavy atom. The highest BCUT2D eigenvalue weighted by molar-refractivity contribution is 7.92. The second kappa shape index (κ2) is 13.2.